The summed E-state index contributed by atoms with van der Waals surface area (Å²) in [4.78, 5) is 3.95. The van der Waals surface area contributed by atoms with Gasteiger partial charge in [0.15, 0.2) is 0 Å². The van der Waals surface area contributed by atoms with Crippen LogP contribution < -0.4 is 4.90 Å². The SMILES string of the molecule is CC1CN(c2ccc(CBr)cc2C(F)(F)F)CC1N(C)C. The van der Waals surface area contributed by atoms with Gasteiger partial charge >= 0.3 is 6.18 Å². The van der Waals surface area contributed by atoms with Gasteiger partial charge in [0.25, 0.3) is 0 Å². The molecule has 2 unspecified atom stereocenters. The van der Waals surface area contributed by atoms with Crippen LogP contribution in [0.25, 0.3) is 0 Å². The lowest BCUT2D eigenvalue weighted by Gasteiger charge is -2.25. The van der Waals surface area contributed by atoms with Gasteiger partial charge in [-0.25, -0.2) is 0 Å². The second-order valence-corrected chi connectivity index (χ2v) is 6.46. The number of halogens is 4. The first-order valence-corrected chi connectivity index (χ1v) is 8.03. The Morgan fingerprint density at radius 3 is 2.43 bits per heavy atom. The van der Waals surface area contributed by atoms with Crippen LogP contribution in [-0.2, 0) is 11.5 Å². The van der Waals surface area contributed by atoms with E-state index in [4.69, 9.17) is 0 Å². The normalized spacial score (nSPS) is 23.1. The van der Waals surface area contributed by atoms with Gasteiger partial charge in [-0.15, -0.1) is 0 Å². The first-order valence-electron chi connectivity index (χ1n) is 6.91. The minimum atomic E-state index is -4.33. The molecular formula is C15H20BrF3N2. The summed E-state index contributed by atoms with van der Waals surface area (Å²) in [7, 11) is 3.95. The van der Waals surface area contributed by atoms with E-state index in [9.17, 15) is 13.2 Å². The molecule has 1 aromatic carbocycles. The highest BCUT2D eigenvalue weighted by molar-refractivity contribution is 9.08. The first-order chi connectivity index (χ1) is 9.74. The van der Waals surface area contributed by atoms with Gasteiger partial charge in [0.2, 0.25) is 0 Å². The van der Waals surface area contributed by atoms with Crippen LogP contribution in [0.2, 0.25) is 0 Å². The third kappa shape index (κ3) is 3.54. The Labute approximate surface area is 132 Å². The fraction of sp³-hybridized carbons (Fsp3) is 0.600. The Hall–Kier alpha value is -0.750. The van der Waals surface area contributed by atoms with Gasteiger partial charge in [-0.1, -0.05) is 28.9 Å². The Bertz CT molecular complexity index is 502. The monoisotopic (exact) mass is 364 g/mol. The first kappa shape index (κ1) is 16.6. The zero-order valence-electron chi connectivity index (χ0n) is 12.4. The number of anilines is 1. The van der Waals surface area contributed by atoms with E-state index in [1.807, 2.05) is 19.0 Å². The van der Waals surface area contributed by atoms with E-state index in [1.165, 1.54) is 6.07 Å². The predicted molar refractivity (Wildman–Crippen MR) is 82.9 cm³/mol. The van der Waals surface area contributed by atoms with Gasteiger partial charge in [0.1, 0.15) is 0 Å². The maximum Gasteiger partial charge on any atom is 0.418 e. The zero-order chi connectivity index (χ0) is 15.8. The quantitative estimate of drug-likeness (QED) is 0.748. The lowest BCUT2D eigenvalue weighted by atomic mass is 10.1. The number of likely N-dealkylation sites (N-methyl/N-ethyl adjacent to an activating group) is 1. The predicted octanol–water partition coefficient (Wildman–Crippen LogP) is 3.99. The highest BCUT2D eigenvalue weighted by Gasteiger charge is 2.38. The highest BCUT2D eigenvalue weighted by Crippen LogP contribution is 2.39. The summed E-state index contributed by atoms with van der Waals surface area (Å²) in [6.45, 7) is 3.37. The molecule has 0 radical (unpaired) electrons. The standard InChI is InChI=1S/C15H20BrF3N2/c1-10-8-21(9-14(10)20(2)3)13-5-4-11(7-16)6-12(13)15(17,18)19/h4-6,10,14H,7-9H2,1-3H3. The Morgan fingerprint density at radius 2 is 1.95 bits per heavy atom. The number of alkyl halides is 4. The second kappa shape index (κ2) is 6.16. The number of nitrogens with zero attached hydrogens (tertiary/aromatic N) is 2. The lowest BCUT2D eigenvalue weighted by molar-refractivity contribution is -0.137. The number of hydrogen-bond acceptors (Lipinski definition) is 2. The molecule has 0 aliphatic carbocycles. The summed E-state index contributed by atoms with van der Waals surface area (Å²) in [5.74, 6) is 0.344. The Kier molecular flexibility index (Phi) is 4.88. The summed E-state index contributed by atoms with van der Waals surface area (Å²) in [6, 6.07) is 4.89. The molecule has 21 heavy (non-hydrogen) atoms. The molecule has 0 amide bonds. The van der Waals surface area contributed by atoms with Crippen molar-refractivity contribution in [3.05, 3.63) is 29.3 Å². The summed E-state index contributed by atoms with van der Waals surface area (Å²) in [6.07, 6.45) is -4.33. The van der Waals surface area contributed by atoms with E-state index in [0.717, 1.165) is 0 Å². The third-order valence-corrected chi connectivity index (χ3v) is 4.74. The van der Waals surface area contributed by atoms with Crippen molar-refractivity contribution in [2.45, 2.75) is 24.5 Å². The Morgan fingerprint density at radius 1 is 1.29 bits per heavy atom. The molecule has 2 nitrogen and oxygen atoms in total. The van der Waals surface area contributed by atoms with Crippen LogP contribution in [0.15, 0.2) is 18.2 Å². The molecule has 1 aliphatic heterocycles. The highest BCUT2D eigenvalue weighted by atomic mass is 79.9. The topological polar surface area (TPSA) is 6.48 Å². The second-order valence-electron chi connectivity index (χ2n) is 5.90. The maximum absolute atomic E-state index is 13.3. The van der Waals surface area contributed by atoms with Gasteiger partial charge in [-0.3, -0.25) is 0 Å². The fourth-order valence-electron chi connectivity index (χ4n) is 2.99. The minimum absolute atomic E-state index is 0.280. The molecule has 6 heteroatoms. The fourth-order valence-corrected chi connectivity index (χ4v) is 3.34. The van der Waals surface area contributed by atoms with E-state index < -0.39 is 11.7 Å². The lowest BCUT2D eigenvalue weighted by Crippen LogP contribution is -2.34. The maximum atomic E-state index is 13.3. The van der Waals surface area contributed by atoms with Crippen molar-refractivity contribution >= 4 is 21.6 Å². The van der Waals surface area contributed by atoms with E-state index in [-0.39, 0.29) is 6.04 Å². The average Bonchev–Trinajstić information content (AvgIpc) is 2.79. The van der Waals surface area contributed by atoms with Crippen LogP contribution in [0.4, 0.5) is 18.9 Å². The van der Waals surface area contributed by atoms with Crippen LogP contribution in [0.1, 0.15) is 18.1 Å². The molecule has 0 aromatic heterocycles. The molecule has 0 bridgehead atoms. The number of hydrogen-bond donors (Lipinski definition) is 0. The molecule has 1 saturated heterocycles. The summed E-state index contributed by atoms with van der Waals surface area (Å²) < 4.78 is 40.0. The zero-order valence-corrected chi connectivity index (χ0v) is 14.0. The molecule has 1 aromatic rings. The third-order valence-electron chi connectivity index (χ3n) is 4.10. The van der Waals surface area contributed by atoms with E-state index in [2.05, 4.69) is 27.8 Å². The van der Waals surface area contributed by atoms with Crippen molar-refractivity contribution in [3.8, 4) is 0 Å². The van der Waals surface area contributed by atoms with Crippen molar-refractivity contribution < 1.29 is 13.2 Å². The van der Waals surface area contributed by atoms with Crippen LogP contribution in [-0.4, -0.2) is 38.1 Å². The molecule has 1 aliphatic rings. The summed E-state index contributed by atoms with van der Waals surface area (Å²) in [5.41, 5.74) is 0.400. The molecule has 0 saturated carbocycles. The molecule has 2 atom stereocenters. The van der Waals surface area contributed by atoms with Crippen LogP contribution in [0.3, 0.4) is 0 Å². The molecule has 1 heterocycles. The van der Waals surface area contributed by atoms with Gasteiger partial charge in [-0.05, 0) is 37.7 Å². The van der Waals surface area contributed by atoms with Crippen molar-refractivity contribution in [2.24, 2.45) is 5.92 Å². The molecule has 0 N–H and O–H groups in total. The van der Waals surface area contributed by atoms with Crippen LogP contribution in [0.5, 0.6) is 0 Å². The van der Waals surface area contributed by atoms with Crippen molar-refractivity contribution in [1.82, 2.24) is 4.90 Å². The van der Waals surface area contributed by atoms with Crippen molar-refractivity contribution in [2.75, 3.05) is 32.1 Å². The Balaban J connectivity index is 2.36. The molecular weight excluding hydrogens is 345 g/mol. The molecule has 2 rings (SSSR count). The average molecular weight is 365 g/mol. The minimum Gasteiger partial charge on any atom is -0.369 e. The van der Waals surface area contributed by atoms with Crippen molar-refractivity contribution in [1.29, 1.82) is 0 Å². The summed E-state index contributed by atoms with van der Waals surface area (Å²) >= 11 is 3.22. The number of benzene rings is 1. The smallest absolute Gasteiger partial charge is 0.369 e. The molecule has 0 spiro atoms. The van der Waals surface area contributed by atoms with E-state index >= 15 is 0 Å². The van der Waals surface area contributed by atoms with Crippen molar-refractivity contribution in [3.63, 3.8) is 0 Å². The van der Waals surface area contributed by atoms with E-state index in [0.29, 0.717) is 35.6 Å². The molecule has 118 valence electrons. The van der Waals surface area contributed by atoms with Gasteiger partial charge in [-0.2, -0.15) is 13.2 Å². The number of rotatable bonds is 3. The largest absolute Gasteiger partial charge is 0.418 e. The van der Waals surface area contributed by atoms with E-state index in [1.54, 1.807) is 12.1 Å². The van der Waals surface area contributed by atoms with Crippen LogP contribution >= 0.6 is 15.9 Å². The van der Waals surface area contributed by atoms with Gasteiger partial charge in [0.05, 0.1) is 5.56 Å². The van der Waals surface area contributed by atoms with Crippen LogP contribution in [0, 0.1) is 5.92 Å². The van der Waals surface area contributed by atoms with Gasteiger partial charge < -0.3 is 9.80 Å². The van der Waals surface area contributed by atoms with Gasteiger partial charge in [0, 0.05) is 30.1 Å². The summed E-state index contributed by atoms with van der Waals surface area (Å²) in [5, 5.41) is 0.424. The molecule has 1 fully saturated rings.